The Kier molecular flexibility index (Phi) is 4.91. The molecule has 2 heterocycles. The molecule has 0 spiro atoms. The van der Waals surface area contributed by atoms with Crippen LogP contribution in [0.15, 0.2) is 156 Å². The molecule has 2 aromatic heterocycles. The molecule has 0 saturated carbocycles. The van der Waals surface area contributed by atoms with Crippen LogP contribution in [-0.2, 0) is 0 Å². The summed E-state index contributed by atoms with van der Waals surface area (Å²) in [7, 11) is 0. The Balaban J connectivity index is 1.22. The summed E-state index contributed by atoms with van der Waals surface area (Å²) in [6.07, 6.45) is 0. The van der Waals surface area contributed by atoms with E-state index in [1.807, 2.05) is 109 Å². The quantitative estimate of drug-likeness (QED) is 0.212. The van der Waals surface area contributed by atoms with Gasteiger partial charge in [-0.25, -0.2) is 15.0 Å². The van der Waals surface area contributed by atoms with Gasteiger partial charge in [-0.1, -0.05) is 133 Å². The smallest absolute Gasteiger partial charge is 0.167 e. The first kappa shape index (κ1) is 20.1. The zero-order chi connectivity index (χ0) is 32.9. The first-order chi connectivity index (χ1) is 23.4. The van der Waals surface area contributed by atoms with E-state index in [9.17, 15) is 0 Å². The van der Waals surface area contributed by atoms with Crippen LogP contribution in [0.2, 0.25) is 0 Å². The number of furan rings is 1. The van der Waals surface area contributed by atoms with Gasteiger partial charge >= 0.3 is 0 Å². The number of para-hydroxylation sites is 1. The SMILES string of the molecule is [2H]c1c([2H])c([2H])c(-c2ccc(-c3ccc4c(c3)oc3c(-c5nc(-c6ccccc6)nc(-c6ccccc6)n5)cccc34)cc2)c([2H])c1[2H]. The van der Waals surface area contributed by atoms with Gasteiger partial charge in [0, 0.05) is 21.9 Å². The number of hydrogen-bond acceptors (Lipinski definition) is 4. The molecule has 0 fully saturated rings. The van der Waals surface area contributed by atoms with E-state index in [-0.39, 0.29) is 29.7 Å². The van der Waals surface area contributed by atoms with Crippen molar-refractivity contribution in [2.24, 2.45) is 0 Å². The van der Waals surface area contributed by atoms with Gasteiger partial charge in [-0.3, -0.25) is 0 Å². The molecule has 0 aliphatic heterocycles. The van der Waals surface area contributed by atoms with E-state index in [0.29, 0.717) is 34.2 Å². The van der Waals surface area contributed by atoms with Gasteiger partial charge in [-0.05, 0) is 40.5 Å². The molecule has 0 radical (unpaired) electrons. The van der Waals surface area contributed by atoms with Crippen LogP contribution in [0.4, 0.5) is 0 Å². The Morgan fingerprint density at radius 3 is 1.67 bits per heavy atom. The van der Waals surface area contributed by atoms with Gasteiger partial charge in [0.15, 0.2) is 17.5 Å². The van der Waals surface area contributed by atoms with Crippen LogP contribution in [0.25, 0.3) is 78.4 Å². The highest BCUT2D eigenvalue weighted by atomic mass is 16.3. The van der Waals surface area contributed by atoms with Crippen molar-refractivity contribution in [3.8, 4) is 56.4 Å². The van der Waals surface area contributed by atoms with E-state index in [1.165, 1.54) is 0 Å². The number of benzene rings is 6. The van der Waals surface area contributed by atoms with Crippen LogP contribution in [0, 0.1) is 0 Å². The summed E-state index contributed by atoms with van der Waals surface area (Å²) < 4.78 is 47.1. The fraction of sp³-hybridized carbons (Fsp3) is 0. The summed E-state index contributed by atoms with van der Waals surface area (Å²) in [5, 5.41) is 1.89. The van der Waals surface area contributed by atoms with Gasteiger partial charge in [-0.15, -0.1) is 0 Å². The molecular weight excluding hydrogens is 526 g/mol. The predicted octanol–water partition coefficient (Wildman–Crippen LogP) is 10.1. The van der Waals surface area contributed by atoms with Gasteiger partial charge in [-0.2, -0.15) is 0 Å². The average Bonchev–Trinajstić information content (AvgIpc) is 3.52. The second kappa shape index (κ2) is 10.5. The monoisotopic (exact) mass is 556 g/mol. The Morgan fingerprint density at radius 1 is 0.442 bits per heavy atom. The highest BCUT2D eigenvalue weighted by Gasteiger charge is 2.18. The fourth-order valence-corrected chi connectivity index (χ4v) is 5.31. The second-order valence-corrected chi connectivity index (χ2v) is 10.1. The lowest BCUT2D eigenvalue weighted by Gasteiger charge is -2.08. The first-order valence-electron chi connectivity index (χ1n) is 16.4. The lowest BCUT2D eigenvalue weighted by atomic mass is 9.99. The third-order valence-electron chi connectivity index (χ3n) is 7.45. The number of hydrogen-bond donors (Lipinski definition) is 0. The molecule has 6 aromatic carbocycles. The minimum absolute atomic E-state index is 0.178. The van der Waals surface area contributed by atoms with Gasteiger partial charge in [0.1, 0.15) is 11.2 Å². The number of fused-ring (bicyclic) bond motifs is 3. The van der Waals surface area contributed by atoms with Gasteiger partial charge < -0.3 is 4.42 Å². The predicted molar refractivity (Wildman–Crippen MR) is 174 cm³/mol. The summed E-state index contributed by atoms with van der Waals surface area (Å²) >= 11 is 0. The lowest BCUT2D eigenvalue weighted by molar-refractivity contribution is 0.669. The number of rotatable bonds is 5. The van der Waals surface area contributed by atoms with Gasteiger partial charge in [0.05, 0.1) is 12.4 Å². The standard InChI is InChI=1S/C39H25N3O/c1-4-11-26(12-5-1)27-19-21-28(22-20-27)31-23-24-32-33-17-10-18-34(36(33)43-35(32)25-31)39-41-37(29-13-6-2-7-14-29)40-38(42-39)30-15-8-3-9-16-30/h1-25H/i1D,4D,5D,11D,12D. The largest absolute Gasteiger partial charge is 0.455 e. The second-order valence-electron chi connectivity index (χ2n) is 10.1. The van der Waals surface area contributed by atoms with E-state index in [2.05, 4.69) is 0 Å². The maximum atomic E-state index is 8.33. The van der Waals surface area contributed by atoms with Crippen molar-refractivity contribution in [2.45, 2.75) is 0 Å². The average molecular weight is 557 g/mol. The molecule has 4 nitrogen and oxygen atoms in total. The van der Waals surface area contributed by atoms with Gasteiger partial charge in [0.2, 0.25) is 0 Å². The van der Waals surface area contributed by atoms with Crippen LogP contribution in [-0.4, -0.2) is 15.0 Å². The molecule has 4 heteroatoms. The molecule has 0 N–H and O–H groups in total. The molecule has 8 aromatic rings. The Labute approximate surface area is 256 Å². The van der Waals surface area contributed by atoms with Crippen molar-refractivity contribution in [2.75, 3.05) is 0 Å². The van der Waals surface area contributed by atoms with Crippen molar-refractivity contribution in [1.82, 2.24) is 15.0 Å². The van der Waals surface area contributed by atoms with Gasteiger partial charge in [0.25, 0.3) is 0 Å². The van der Waals surface area contributed by atoms with Crippen LogP contribution in [0.3, 0.4) is 0 Å². The maximum absolute atomic E-state index is 8.33. The molecule has 0 amide bonds. The molecule has 0 saturated heterocycles. The number of nitrogens with zero attached hydrogens (tertiary/aromatic N) is 3. The Bertz CT molecular complexity index is 2410. The van der Waals surface area contributed by atoms with Crippen LogP contribution < -0.4 is 0 Å². The molecular formula is C39H25N3O. The molecule has 0 aliphatic carbocycles. The Morgan fingerprint density at radius 2 is 1.02 bits per heavy atom. The van der Waals surface area contributed by atoms with Crippen molar-refractivity contribution in [3.05, 3.63) is 152 Å². The normalized spacial score (nSPS) is 12.9. The van der Waals surface area contributed by atoms with Crippen LogP contribution >= 0.6 is 0 Å². The van der Waals surface area contributed by atoms with E-state index in [4.69, 9.17) is 26.2 Å². The van der Waals surface area contributed by atoms with Crippen LogP contribution in [0.1, 0.15) is 6.85 Å². The highest BCUT2D eigenvalue weighted by Crippen LogP contribution is 2.37. The molecule has 43 heavy (non-hydrogen) atoms. The summed E-state index contributed by atoms with van der Waals surface area (Å²) in [4.78, 5) is 14.6. The summed E-state index contributed by atoms with van der Waals surface area (Å²) in [5.74, 6) is 1.65. The summed E-state index contributed by atoms with van der Waals surface area (Å²) in [6.45, 7) is 0. The topological polar surface area (TPSA) is 51.8 Å². The van der Waals surface area contributed by atoms with Crippen molar-refractivity contribution in [1.29, 1.82) is 0 Å². The highest BCUT2D eigenvalue weighted by molar-refractivity contribution is 6.10. The molecule has 0 unspecified atom stereocenters. The lowest BCUT2D eigenvalue weighted by Crippen LogP contribution is -2.00. The molecule has 0 atom stereocenters. The third kappa shape index (κ3) is 4.65. The zero-order valence-electron chi connectivity index (χ0n) is 27.8. The van der Waals surface area contributed by atoms with Crippen LogP contribution in [0.5, 0.6) is 0 Å². The third-order valence-corrected chi connectivity index (χ3v) is 7.45. The molecule has 202 valence electrons. The van der Waals surface area contributed by atoms with E-state index in [0.717, 1.165) is 38.6 Å². The maximum Gasteiger partial charge on any atom is 0.167 e. The molecule has 0 bridgehead atoms. The van der Waals surface area contributed by atoms with Crippen molar-refractivity contribution >= 4 is 21.9 Å². The van der Waals surface area contributed by atoms with Crippen molar-refractivity contribution < 1.29 is 11.3 Å². The Hall–Kier alpha value is -5.87. The zero-order valence-corrected chi connectivity index (χ0v) is 22.8. The van der Waals surface area contributed by atoms with E-state index >= 15 is 0 Å². The molecule has 8 rings (SSSR count). The summed E-state index contributed by atoms with van der Waals surface area (Å²) in [6, 6.07) is 37.4. The van der Waals surface area contributed by atoms with E-state index in [1.54, 1.807) is 12.1 Å². The first-order valence-corrected chi connectivity index (χ1v) is 13.9. The van der Waals surface area contributed by atoms with Crippen molar-refractivity contribution in [3.63, 3.8) is 0 Å². The minimum atomic E-state index is -0.406. The fourth-order valence-electron chi connectivity index (χ4n) is 5.31. The number of aromatic nitrogens is 3. The van der Waals surface area contributed by atoms with E-state index < -0.39 is 6.04 Å². The minimum Gasteiger partial charge on any atom is -0.455 e. The summed E-state index contributed by atoms with van der Waals surface area (Å²) in [5.41, 5.74) is 6.43. The molecule has 0 aliphatic rings.